The number of H-pyrrole nitrogens is 1. The normalized spacial score (nSPS) is 19.6. The average Bonchev–Trinajstić information content (AvgIpc) is 3.06. The van der Waals surface area contributed by atoms with E-state index in [4.69, 9.17) is 4.42 Å². The van der Waals surface area contributed by atoms with E-state index in [9.17, 15) is 9.59 Å². The van der Waals surface area contributed by atoms with Crippen LogP contribution in [0.15, 0.2) is 33.5 Å². The van der Waals surface area contributed by atoms with E-state index in [2.05, 4.69) is 17.2 Å². The van der Waals surface area contributed by atoms with Gasteiger partial charge < -0.3 is 14.7 Å². The van der Waals surface area contributed by atoms with Crippen molar-refractivity contribution in [2.24, 2.45) is 5.92 Å². The van der Waals surface area contributed by atoms with E-state index in [0.29, 0.717) is 23.2 Å². The van der Waals surface area contributed by atoms with Gasteiger partial charge in [-0.3, -0.25) is 9.59 Å². The van der Waals surface area contributed by atoms with Crippen molar-refractivity contribution in [1.29, 1.82) is 0 Å². The molecule has 1 aliphatic rings. The van der Waals surface area contributed by atoms with Gasteiger partial charge >= 0.3 is 0 Å². The van der Waals surface area contributed by atoms with Gasteiger partial charge in [0.2, 0.25) is 5.91 Å². The van der Waals surface area contributed by atoms with Crippen LogP contribution >= 0.6 is 0 Å². The molecule has 2 atom stereocenters. The zero-order chi connectivity index (χ0) is 17.3. The first-order valence-corrected chi connectivity index (χ1v) is 8.19. The van der Waals surface area contributed by atoms with Crippen molar-refractivity contribution in [2.45, 2.75) is 39.7 Å². The summed E-state index contributed by atoms with van der Waals surface area (Å²) in [5.74, 6) is 2.62. The molecule has 5 heteroatoms. The van der Waals surface area contributed by atoms with Gasteiger partial charge in [-0.25, -0.2) is 0 Å². The first-order chi connectivity index (χ1) is 11.4. The number of nitrogens with one attached hydrogen (secondary N) is 2. The number of carbonyl (C=O) groups excluding carboxylic acids is 1. The van der Waals surface area contributed by atoms with Gasteiger partial charge in [-0.15, -0.1) is 0 Å². The van der Waals surface area contributed by atoms with Crippen LogP contribution in [0.3, 0.4) is 0 Å². The summed E-state index contributed by atoms with van der Waals surface area (Å²) in [4.78, 5) is 26.6. The van der Waals surface area contributed by atoms with Crippen LogP contribution in [-0.2, 0) is 11.3 Å². The molecule has 126 valence electrons. The minimum atomic E-state index is -0.257. The molecule has 1 fully saturated rings. The summed E-state index contributed by atoms with van der Waals surface area (Å²) in [6.45, 7) is 6.10. The fourth-order valence-corrected chi connectivity index (χ4v) is 2.87. The summed E-state index contributed by atoms with van der Waals surface area (Å²) in [5.41, 5.74) is 2.09. The van der Waals surface area contributed by atoms with Crippen LogP contribution in [0, 0.1) is 19.8 Å². The molecule has 1 saturated carbocycles. The third kappa shape index (κ3) is 3.67. The molecule has 5 nitrogen and oxygen atoms in total. The molecule has 0 aromatic carbocycles. The zero-order valence-corrected chi connectivity index (χ0v) is 14.2. The topological polar surface area (TPSA) is 75.1 Å². The monoisotopic (exact) mass is 326 g/mol. The number of carbonyl (C=O) groups is 1. The molecule has 0 aliphatic heterocycles. The molecule has 2 unspecified atom stereocenters. The maximum atomic E-state index is 11.9. The van der Waals surface area contributed by atoms with Crippen LogP contribution in [0.5, 0.6) is 0 Å². The number of furan rings is 1. The Hall–Kier alpha value is -2.56. The van der Waals surface area contributed by atoms with E-state index in [1.807, 2.05) is 32.0 Å². The van der Waals surface area contributed by atoms with E-state index in [1.54, 1.807) is 6.08 Å². The smallest absolute Gasteiger partial charge is 0.253 e. The van der Waals surface area contributed by atoms with Crippen molar-refractivity contribution in [3.63, 3.8) is 0 Å². The Bertz CT molecular complexity index is 845. The van der Waals surface area contributed by atoms with Crippen LogP contribution in [0.25, 0.3) is 6.08 Å². The van der Waals surface area contributed by atoms with Crippen LogP contribution < -0.4 is 10.9 Å². The molecule has 1 amide bonds. The Morgan fingerprint density at radius 1 is 1.42 bits per heavy atom. The molecule has 1 aliphatic carbocycles. The maximum absolute atomic E-state index is 11.9. The lowest BCUT2D eigenvalue weighted by atomic mass is 10.1. The van der Waals surface area contributed by atoms with Crippen molar-refractivity contribution >= 4 is 12.0 Å². The second-order valence-corrected chi connectivity index (χ2v) is 6.55. The first-order valence-electron chi connectivity index (χ1n) is 8.19. The SMILES string of the molecule is Cc1cc(C)c(CNC(=O)C=Cc2ccc(C3CC3C)o2)c(=O)[nH]1. The minimum Gasteiger partial charge on any atom is -0.461 e. The number of aryl methyl sites for hydroxylation is 2. The van der Waals surface area contributed by atoms with Crippen molar-refractivity contribution in [3.8, 4) is 0 Å². The lowest BCUT2D eigenvalue weighted by Gasteiger charge is -2.06. The van der Waals surface area contributed by atoms with Gasteiger partial charge in [0.15, 0.2) is 0 Å². The Morgan fingerprint density at radius 2 is 2.17 bits per heavy atom. The van der Waals surface area contributed by atoms with Gasteiger partial charge in [0.1, 0.15) is 11.5 Å². The number of aromatic amines is 1. The molecule has 0 bridgehead atoms. The van der Waals surface area contributed by atoms with Gasteiger partial charge in [-0.1, -0.05) is 6.92 Å². The van der Waals surface area contributed by atoms with Crippen LogP contribution in [0.2, 0.25) is 0 Å². The summed E-state index contributed by atoms with van der Waals surface area (Å²) in [6.07, 6.45) is 4.25. The molecule has 24 heavy (non-hydrogen) atoms. The van der Waals surface area contributed by atoms with E-state index in [0.717, 1.165) is 17.0 Å². The standard InChI is InChI=1S/C19H22N2O3/c1-11-8-13(3)21-19(23)16(11)10-20-18(22)7-5-14-4-6-17(24-14)15-9-12(15)2/h4-8,12,15H,9-10H2,1-3H3,(H,20,22)(H,21,23). The lowest BCUT2D eigenvalue weighted by molar-refractivity contribution is -0.116. The highest BCUT2D eigenvalue weighted by atomic mass is 16.3. The van der Waals surface area contributed by atoms with Crippen LogP contribution in [0.1, 0.15) is 47.6 Å². The Kier molecular flexibility index (Phi) is 4.42. The van der Waals surface area contributed by atoms with Gasteiger partial charge in [-0.2, -0.15) is 0 Å². The van der Waals surface area contributed by atoms with Gasteiger partial charge in [-0.05, 0) is 56.0 Å². The van der Waals surface area contributed by atoms with Gasteiger partial charge in [0, 0.05) is 29.8 Å². The molecule has 2 aromatic heterocycles. The van der Waals surface area contributed by atoms with E-state index in [1.165, 1.54) is 12.5 Å². The summed E-state index contributed by atoms with van der Waals surface area (Å²) in [7, 11) is 0. The van der Waals surface area contributed by atoms with Gasteiger partial charge in [0.25, 0.3) is 5.56 Å². The third-order valence-corrected chi connectivity index (χ3v) is 4.45. The van der Waals surface area contributed by atoms with E-state index in [-0.39, 0.29) is 18.0 Å². The summed E-state index contributed by atoms with van der Waals surface area (Å²) in [5, 5.41) is 2.73. The van der Waals surface area contributed by atoms with Crippen LogP contribution in [0.4, 0.5) is 0 Å². The number of amides is 1. The molecule has 2 N–H and O–H groups in total. The second-order valence-electron chi connectivity index (χ2n) is 6.55. The number of hydrogen-bond donors (Lipinski definition) is 2. The summed E-state index contributed by atoms with van der Waals surface area (Å²) >= 11 is 0. The molecule has 3 rings (SSSR count). The van der Waals surface area contributed by atoms with Crippen LogP contribution in [-0.4, -0.2) is 10.9 Å². The Balaban J connectivity index is 1.58. The number of hydrogen-bond acceptors (Lipinski definition) is 3. The fraction of sp³-hybridized carbons (Fsp3) is 0.368. The number of aromatic nitrogens is 1. The molecular weight excluding hydrogens is 304 g/mol. The predicted molar refractivity (Wildman–Crippen MR) is 92.6 cm³/mol. The molecular formula is C19H22N2O3. The Labute approximate surface area is 140 Å². The maximum Gasteiger partial charge on any atom is 0.253 e. The highest BCUT2D eigenvalue weighted by Crippen LogP contribution is 2.47. The van der Waals surface area contributed by atoms with Crippen molar-refractivity contribution < 1.29 is 9.21 Å². The quantitative estimate of drug-likeness (QED) is 0.829. The van der Waals surface area contributed by atoms with Crippen molar-refractivity contribution in [2.75, 3.05) is 0 Å². The fourth-order valence-electron chi connectivity index (χ4n) is 2.87. The van der Waals surface area contributed by atoms with E-state index < -0.39 is 0 Å². The highest BCUT2D eigenvalue weighted by Gasteiger charge is 2.36. The largest absolute Gasteiger partial charge is 0.461 e. The number of pyridine rings is 1. The highest BCUT2D eigenvalue weighted by molar-refractivity contribution is 5.91. The average molecular weight is 326 g/mol. The second kappa shape index (κ2) is 6.51. The Morgan fingerprint density at radius 3 is 2.83 bits per heavy atom. The molecule has 2 heterocycles. The molecule has 0 radical (unpaired) electrons. The summed E-state index contributed by atoms with van der Waals surface area (Å²) < 4.78 is 5.72. The van der Waals surface area contributed by atoms with Crippen molar-refractivity contribution in [3.05, 3.63) is 63.0 Å². The molecule has 0 saturated heterocycles. The predicted octanol–water partition coefficient (Wildman–Crippen LogP) is 3.04. The van der Waals surface area contributed by atoms with Gasteiger partial charge in [0.05, 0.1) is 0 Å². The number of rotatable bonds is 5. The van der Waals surface area contributed by atoms with E-state index >= 15 is 0 Å². The summed E-state index contributed by atoms with van der Waals surface area (Å²) in [6, 6.07) is 5.74. The molecule has 0 spiro atoms. The zero-order valence-electron chi connectivity index (χ0n) is 14.2. The van der Waals surface area contributed by atoms with Crippen molar-refractivity contribution in [1.82, 2.24) is 10.3 Å². The lowest BCUT2D eigenvalue weighted by Crippen LogP contribution is -2.26. The third-order valence-electron chi connectivity index (χ3n) is 4.45. The minimum absolute atomic E-state index is 0.161. The first kappa shape index (κ1) is 16.3. The molecule has 2 aromatic rings.